The molecule has 0 aromatic rings. The van der Waals surface area contributed by atoms with Crippen molar-refractivity contribution in [3.05, 3.63) is 0 Å². The Morgan fingerprint density at radius 1 is 0.426 bits per heavy atom. The second-order valence-corrected chi connectivity index (χ2v) is 10.4. The molecule has 0 aromatic heterocycles. The minimum atomic E-state index is -1.25. The van der Waals surface area contributed by atoms with E-state index in [9.17, 15) is 47.9 Å². The first-order valence-corrected chi connectivity index (χ1v) is 13.9. The Balaban J connectivity index is 4.55. The van der Waals surface area contributed by atoms with Gasteiger partial charge in [-0.15, -0.1) is 0 Å². The maximum absolute atomic E-state index is 12.5. The fourth-order valence-corrected chi connectivity index (χ4v) is 3.26. The molecule has 0 heterocycles. The second kappa shape index (κ2) is 20.6. The van der Waals surface area contributed by atoms with E-state index in [2.05, 4.69) is 16.0 Å². The number of rotatable bonds is 19. The number of nitrogens with zero attached hydrogens (tertiary/aromatic N) is 6. The van der Waals surface area contributed by atoms with Gasteiger partial charge in [-0.1, -0.05) is 0 Å². The van der Waals surface area contributed by atoms with Crippen molar-refractivity contribution in [2.24, 2.45) is 5.73 Å². The van der Waals surface area contributed by atoms with E-state index in [1.165, 1.54) is 42.3 Å². The van der Waals surface area contributed by atoms with Crippen molar-refractivity contribution in [3.8, 4) is 0 Å². The maximum Gasteiger partial charge on any atom is 0.322 e. The summed E-state index contributed by atoms with van der Waals surface area (Å²) in [5.74, 6) is -6.85. The zero-order valence-electron chi connectivity index (χ0n) is 27.4. The molecule has 21 nitrogen and oxygen atoms in total. The van der Waals surface area contributed by atoms with Crippen LogP contribution < -0.4 is 21.7 Å². The number of carbonyl (C=O) groups excluding carboxylic acids is 9. The molecule has 0 atom stereocenters. The molecule has 0 aliphatic heterocycles. The predicted octanol–water partition coefficient (Wildman–Crippen LogP) is -6.87. The van der Waals surface area contributed by atoms with E-state index in [1.807, 2.05) is 0 Å². The lowest BCUT2D eigenvalue weighted by molar-refractivity contribution is -0.142. The third kappa shape index (κ3) is 17.1. The molecule has 0 saturated carbocycles. The van der Waals surface area contributed by atoms with E-state index in [0.29, 0.717) is 0 Å². The van der Waals surface area contributed by atoms with Crippen LogP contribution in [0.25, 0.3) is 0 Å². The van der Waals surface area contributed by atoms with Gasteiger partial charge in [0.2, 0.25) is 53.2 Å². The van der Waals surface area contributed by atoms with Gasteiger partial charge in [0.25, 0.3) is 0 Å². The van der Waals surface area contributed by atoms with Crippen LogP contribution in [0.3, 0.4) is 0 Å². The highest BCUT2D eigenvalue weighted by atomic mass is 16.4. The van der Waals surface area contributed by atoms with Gasteiger partial charge in [0, 0.05) is 42.3 Å². The van der Waals surface area contributed by atoms with Gasteiger partial charge in [-0.3, -0.25) is 47.9 Å². The number of likely N-dealkylation sites (N-methyl/N-ethyl adjacent to an activating group) is 6. The number of amides is 9. The van der Waals surface area contributed by atoms with Gasteiger partial charge in [-0.25, -0.2) is 0 Å². The summed E-state index contributed by atoms with van der Waals surface area (Å²) in [6.45, 7) is -4.32. The highest BCUT2D eigenvalue weighted by molar-refractivity contribution is 5.93. The molecule has 9 amide bonds. The van der Waals surface area contributed by atoms with Crippen LogP contribution >= 0.6 is 0 Å². The van der Waals surface area contributed by atoms with Crippen molar-refractivity contribution in [1.82, 2.24) is 45.3 Å². The van der Waals surface area contributed by atoms with Crippen LogP contribution in [0.2, 0.25) is 0 Å². The molecule has 0 bridgehead atoms. The van der Waals surface area contributed by atoms with Gasteiger partial charge in [0.1, 0.15) is 6.54 Å². The predicted molar refractivity (Wildman–Crippen MR) is 162 cm³/mol. The second-order valence-electron chi connectivity index (χ2n) is 10.4. The Hall–Kier alpha value is -5.34. The van der Waals surface area contributed by atoms with Crippen LogP contribution in [0.4, 0.5) is 0 Å². The molecule has 47 heavy (non-hydrogen) atoms. The summed E-state index contributed by atoms with van der Waals surface area (Å²) in [6, 6.07) is 0. The average Bonchev–Trinajstić information content (AvgIpc) is 3.00. The molecule has 21 heteroatoms. The zero-order valence-corrected chi connectivity index (χ0v) is 27.4. The zero-order chi connectivity index (χ0) is 36.4. The summed E-state index contributed by atoms with van der Waals surface area (Å²) in [5.41, 5.74) is 5.24. The highest BCUT2D eigenvalue weighted by Crippen LogP contribution is 1.94. The first-order chi connectivity index (χ1) is 21.8. The van der Waals surface area contributed by atoms with E-state index in [1.54, 1.807) is 0 Å². The number of hydrogen-bond donors (Lipinski definition) is 5. The molecule has 0 aromatic carbocycles. The topological polar surface area (TPSA) is 272 Å². The van der Waals surface area contributed by atoms with E-state index >= 15 is 0 Å². The molecule has 0 aliphatic carbocycles. The maximum atomic E-state index is 12.5. The molecule has 6 N–H and O–H groups in total. The van der Waals surface area contributed by atoms with Gasteiger partial charge in [-0.05, 0) is 0 Å². The molecule has 264 valence electrons. The van der Waals surface area contributed by atoms with Crippen LogP contribution in [0.1, 0.15) is 0 Å². The van der Waals surface area contributed by atoms with Crippen LogP contribution in [0.15, 0.2) is 0 Å². The summed E-state index contributed by atoms with van der Waals surface area (Å²) in [5, 5.41) is 15.3. The van der Waals surface area contributed by atoms with Crippen LogP contribution in [0.5, 0.6) is 0 Å². The van der Waals surface area contributed by atoms with E-state index < -0.39 is 111 Å². The first kappa shape index (κ1) is 41.7. The minimum absolute atomic E-state index is 0.274. The van der Waals surface area contributed by atoms with Crippen LogP contribution in [0, 0.1) is 0 Å². The normalized spacial score (nSPS) is 10.1. The number of carbonyl (C=O) groups is 10. The van der Waals surface area contributed by atoms with Crippen LogP contribution in [-0.2, 0) is 47.9 Å². The van der Waals surface area contributed by atoms with E-state index in [4.69, 9.17) is 10.8 Å². The molecular weight excluding hydrogens is 628 g/mol. The SMILES string of the molecule is CN(CC(=O)NCC(=O)N(C)CC(=O)N(C)CC(=O)NCC(=O)N(C)CC(=O)N(C)CC(=O)NCC(=O)O)C(=O)CN(C)C(=O)CN. The lowest BCUT2D eigenvalue weighted by Gasteiger charge is -2.23. The van der Waals surface area contributed by atoms with Gasteiger partial charge >= 0.3 is 5.97 Å². The standard InChI is InChI=1S/C26H44N10O11/c1-31(23(43)14-34(4)20(40)7-27)11-17(37)28-8-21(41)35(5)15-24(44)32(2)12-18(38)29-9-22(42)36(6)16-25(45)33(3)13-19(39)30-10-26(46)47/h7-16,27H2,1-6H3,(H,28,37)(H,29,38)(H,30,39)(H,46,47). The highest BCUT2D eigenvalue weighted by Gasteiger charge is 2.22. The van der Waals surface area contributed by atoms with Gasteiger partial charge < -0.3 is 56.2 Å². The molecule has 0 radical (unpaired) electrons. The third-order valence-electron chi connectivity index (χ3n) is 6.30. The minimum Gasteiger partial charge on any atom is -0.480 e. The van der Waals surface area contributed by atoms with E-state index in [-0.39, 0.29) is 13.1 Å². The van der Waals surface area contributed by atoms with Crippen molar-refractivity contribution < 1.29 is 53.1 Å². The molecule has 0 fully saturated rings. The Bertz CT molecular complexity index is 1210. The third-order valence-corrected chi connectivity index (χ3v) is 6.30. The summed E-state index contributed by atoms with van der Waals surface area (Å²) >= 11 is 0. The number of carboxylic acids is 1. The lowest BCUT2D eigenvalue weighted by atomic mass is 10.4. The van der Waals surface area contributed by atoms with Gasteiger partial charge in [-0.2, -0.15) is 0 Å². The molecule has 0 aliphatic rings. The number of carboxylic acid groups (broad SMARTS) is 1. The number of nitrogens with one attached hydrogen (secondary N) is 3. The van der Waals surface area contributed by atoms with Crippen LogP contribution in [-0.4, -0.2) is 201 Å². The fraction of sp³-hybridized carbons (Fsp3) is 0.615. The summed E-state index contributed by atoms with van der Waals surface area (Å²) < 4.78 is 0. The average molecular weight is 673 g/mol. The molecule has 0 spiro atoms. The lowest BCUT2D eigenvalue weighted by Crippen LogP contribution is -2.48. The molecule has 0 saturated heterocycles. The summed E-state index contributed by atoms with van der Waals surface area (Å²) in [7, 11) is 7.90. The number of hydrogen-bond acceptors (Lipinski definition) is 11. The summed E-state index contributed by atoms with van der Waals surface area (Å²) in [4.78, 5) is 126. The van der Waals surface area contributed by atoms with Gasteiger partial charge in [0.15, 0.2) is 0 Å². The molecular formula is C26H44N10O11. The smallest absolute Gasteiger partial charge is 0.322 e. The van der Waals surface area contributed by atoms with Crippen molar-refractivity contribution in [2.75, 3.05) is 108 Å². The Morgan fingerprint density at radius 3 is 0.957 bits per heavy atom. The van der Waals surface area contributed by atoms with Crippen molar-refractivity contribution in [2.45, 2.75) is 0 Å². The van der Waals surface area contributed by atoms with Crippen molar-refractivity contribution in [3.63, 3.8) is 0 Å². The summed E-state index contributed by atoms with van der Waals surface area (Å²) in [6.07, 6.45) is 0. The number of nitrogens with two attached hydrogens (primary N) is 1. The Morgan fingerprint density at radius 2 is 0.681 bits per heavy atom. The molecule has 0 rings (SSSR count). The Labute approximate surface area is 271 Å². The largest absolute Gasteiger partial charge is 0.480 e. The molecule has 0 unspecified atom stereocenters. The first-order valence-electron chi connectivity index (χ1n) is 13.9. The van der Waals surface area contributed by atoms with Gasteiger partial charge in [0.05, 0.1) is 58.9 Å². The van der Waals surface area contributed by atoms with Crippen molar-refractivity contribution >= 4 is 59.1 Å². The van der Waals surface area contributed by atoms with E-state index in [0.717, 1.165) is 29.4 Å². The Kier molecular flexibility index (Phi) is 18.3. The number of aliphatic carboxylic acids is 1. The fourth-order valence-electron chi connectivity index (χ4n) is 3.26. The van der Waals surface area contributed by atoms with Crippen molar-refractivity contribution in [1.29, 1.82) is 0 Å². The monoisotopic (exact) mass is 672 g/mol. The quantitative estimate of drug-likeness (QED) is 0.0857.